The van der Waals surface area contributed by atoms with Gasteiger partial charge in [-0.3, -0.25) is 0 Å². The minimum Gasteiger partial charge on any atom is -0.390 e. The molecule has 1 nitrogen and oxygen atoms in total. The van der Waals surface area contributed by atoms with Crippen LogP contribution in [0.25, 0.3) is 0 Å². The Kier molecular flexibility index (Phi) is 2.78. The summed E-state index contributed by atoms with van der Waals surface area (Å²) >= 11 is 0. The molecule has 0 bridgehead atoms. The minimum absolute atomic E-state index is 0.260. The lowest BCUT2D eigenvalue weighted by Crippen LogP contribution is -2.43. The highest BCUT2D eigenvalue weighted by atomic mass is 16.3. The van der Waals surface area contributed by atoms with Gasteiger partial charge in [-0.1, -0.05) is 25.7 Å². The molecule has 92 valence electrons. The maximum absolute atomic E-state index is 10.8. The highest BCUT2D eigenvalue weighted by Crippen LogP contribution is 2.54. The van der Waals surface area contributed by atoms with Gasteiger partial charge in [0.05, 0.1) is 5.60 Å². The summed E-state index contributed by atoms with van der Waals surface area (Å²) in [5, 5.41) is 10.8. The zero-order valence-electron chi connectivity index (χ0n) is 10.5. The van der Waals surface area contributed by atoms with E-state index in [1.54, 1.807) is 0 Å². The second-order valence-corrected chi connectivity index (χ2v) is 6.79. The van der Waals surface area contributed by atoms with E-state index in [9.17, 15) is 5.11 Å². The van der Waals surface area contributed by atoms with Crippen LogP contribution in [-0.2, 0) is 0 Å². The fourth-order valence-electron chi connectivity index (χ4n) is 4.71. The van der Waals surface area contributed by atoms with Crippen LogP contribution in [0.5, 0.6) is 0 Å². The van der Waals surface area contributed by atoms with Gasteiger partial charge < -0.3 is 5.11 Å². The largest absolute Gasteiger partial charge is 0.390 e. The van der Waals surface area contributed by atoms with Crippen LogP contribution in [0.1, 0.15) is 77.0 Å². The highest BCUT2D eigenvalue weighted by molar-refractivity contribution is 4.98. The predicted molar refractivity (Wildman–Crippen MR) is 66.3 cm³/mol. The zero-order valence-corrected chi connectivity index (χ0v) is 10.5. The molecule has 0 aromatic carbocycles. The van der Waals surface area contributed by atoms with Gasteiger partial charge in [-0.05, 0) is 62.7 Å². The van der Waals surface area contributed by atoms with Crippen LogP contribution in [0.4, 0.5) is 0 Å². The van der Waals surface area contributed by atoms with Gasteiger partial charge in [-0.25, -0.2) is 0 Å². The molecular formula is C15H26O. The molecule has 0 radical (unpaired) electrons. The summed E-state index contributed by atoms with van der Waals surface area (Å²) in [4.78, 5) is 0. The van der Waals surface area contributed by atoms with Crippen molar-refractivity contribution in [3.63, 3.8) is 0 Å². The Balaban J connectivity index is 1.64. The Morgan fingerprint density at radius 2 is 1.25 bits per heavy atom. The Morgan fingerprint density at radius 3 is 1.81 bits per heavy atom. The van der Waals surface area contributed by atoms with Gasteiger partial charge in [0.2, 0.25) is 0 Å². The van der Waals surface area contributed by atoms with Crippen molar-refractivity contribution < 1.29 is 5.11 Å². The Labute approximate surface area is 99.6 Å². The number of rotatable bonds is 1. The average molecular weight is 222 g/mol. The lowest BCUT2D eigenvalue weighted by atomic mass is 9.64. The molecular weight excluding hydrogens is 196 g/mol. The standard InChI is InChI=1S/C15H26O/c16-15(13-5-1-2-6-13)11-9-14(10-12-15)7-3-4-8-14/h13,16H,1-12H2. The second kappa shape index (κ2) is 4.01. The molecule has 3 fully saturated rings. The molecule has 0 saturated heterocycles. The van der Waals surface area contributed by atoms with Crippen LogP contribution in [-0.4, -0.2) is 10.7 Å². The summed E-state index contributed by atoms with van der Waals surface area (Å²) in [6.07, 6.45) is 16.0. The molecule has 0 heterocycles. The van der Waals surface area contributed by atoms with Gasteiger partial charge >= 0.3 is 0 Å². The van der Waals surface area contributed by atoms with E-state index in [0.29, 0.717) is 11.3 Å². The van der Waals surface area contributed by atoms with Gasteiger partial charge in [0, 0.05) is 0 Å². The first kappa shape index (κ1) is 11.1. The number of hydrogen-bond acceptors (Lipinski definition) is 1. The highest BCUT2D eigenvalue weighted by Gasteiger charge is 2.46. The monoisotopic (exact) mass is 222 g/mol. The molecule has 0 aromatic rings. The van der Waals surface area contributed by atoms with Crippen molar-refractivity contribution in [1.82, 2.24) is 0 Å². The third-order valence-electron chi connectivity index (χ3n) is 5.96. The van der Waals surface area contributed by atoms with Crippen LogP contribution in [0, 0.1) is 11.3 Å². The van der Waals surface area contributed by atoms with E-state index in [-0.39, 0.29) is 5.60 Å². The van der Waals surface area contributed by atoms with Crippen molar-refractivity contribution in [1.29, 1.82) is 0 Å². The summed E-state index contributed by atoms with van der Waals surface area (Å²) in [6, 6.07) is 0. The molecule has 1 N–H and O–H groups in total. The first-order valence-electron chi connectivity index (χ1n) is 7.45. The van der Waals surface area contributed by atoms with E-state index in [2.05, 4.69) is 0 Å². The summed E-state index contributed by atoms with van der Waals surface area (Å²) in [5.41, 5.74) is 0.412. The van der Waals surface area contributed by atoms with E-state index in [4.69, 9.17) is 0 Å². The molecule has 0 aliphatic heterocycles. The topological polar surface area (TPSA) is 20.2 Å². The lowest BCUT2D eigenvalue weighted by Gasteiger charge is -2.45. The smallest absolute Gasteiger partial charge is 0.0676 e. The van der Waals surface area contributed by atoms with Gasteiger partial charge in [-0.2, -0.15) is 0 Å². The van der Waals surface area contributed by atoms with Crippen LogP contribution in [0.2, 0.25) is 0 Å². The van der Waals surface area contributed by atoms with Crippen molar-refractivity contribution in [3.05, 3.63) is 0 Å². The molecule has 3 aliphatic carbocycles. The molecule has 3 saturated carbocycles. The number of hydrogen-bond donors (Lipinski definition) is 1. The normalized spacial score (nSPS) is 33.6. The van der Waals surface area contributed by atoms with Crippen molar-refractivity contribution in [2.24, 2.45) is 11.3 Å². The number of aliphatic hydroxyl groups is 1. The van der Waals surface area contributed by atoms with Gasteiger partial charge in [-0.15, -0.1) is 0 Å². The molecule has 3 rings (SSSR count). The van der Waals surface area contributed by atoms with Crippen molar-refractivity contribution in [2.75, 3.05) is 0 Å². The van der Waals surface area contributed by atoms with Crippen LogP contribution in [0.15, 0.2) is 0 Å². The van der Waals surface area contributed by atoms with E-state index in [1.807, 2.05) is 0 Å². The van der Waals surface area contributed by atoms with E-state index in [1.165, 1.54) is 64.2 Å². The average Bonchev–Trinajstić information content (AvgIpc) is 2.96. The maximum atomic E-state index is 10.8. The van der Waals surface area contributed by atoms with Crippen molar-refractivity contribution in [2.45, 2.75) is 82.7 Å². The minimum atomic E-state index is -0.260. The summed E-state index contributed by atoms with van der Waals surface area (Å²) in [7, 11) is 0. The van der Waals surface area contributed by atoms with Crippen LogP contribution >= 0.6 is 0 Å². The van der Waals surface area contributed by atoms with Crippen molar-refractivity contribution in [3.8, 4) is 0 Å². The van der Waals surface area contributed by atoms with Gasteiger partial charge in [0.25, 0.3) is 0 Å². The molecule has 1 heteroatoms. The third-order valence-corrected chi connectivity index (χ3v) is 5.96. The Bertz CT molecular complexity index is 236. The van der Waals surface area contributed by atoms with E-state index < -0.39 is 0 Å². The third kappa shape index (κ3) is 1.81. The van der Waals surface area contributed by atoms with Gasteiger partial charge in [0.1, 0.15) is 0 Å². The van der Waals surface area contributed by atoms with Gasteiger partial charge in [0.15, 0.2) is 0 Å². The summed E-state index contributed by atoms with van der Waals surface area (Å²) in [6.45, 7) is 0. The molecule has 16 heavy (non-hydrogen) atoms. The summed E-state index contributed by atoms with van der Waals surface area (Å²) in [5.74, 6) is 0.645. The first-order valence-corrected chi connectivity index (χ1v) is 7.45. The predicted octanol–water partition coefficient (Wildman–Crippen LogP) is 4.04. The van der Waals surface area contributed by atoms with Crippen LogP contribution in [0.3, 0.4) is 0 Å². The summed E-state index contributed by atoms with van der Waals surface area (Å²) < 4.78 is 0. The molecule has 0 atom stereocenters. The van der Waals surface area contributed by atoms with Crippen LogP contribution < -0.4 is 0 Å². The lowest BCUT2D eigenvalue weighted by molar-refractivity contribution is -0.0746. The molecule has 0 unspecified atom stereocenters. The zero-order chi connectivity index (χ0) is 11.1. The molecule has 0 amide bonds. The van der Waals surface area contributed by atoms with Crippen molar-refractivity contribution >= 4 is 0 Å². The quantitative estimate of drug-likeness (QED) is 0.710. The Morgan fingerprint density at radius 1 is 0.688 bits per heavy atom. The van der Waals surface area contributed by atoms with E-state index in [0.717, 1.165) is 12.8 Å². The maximum Gasteiger partial charge on any atom is 0.0676 e. The second-order valence-electron chi connectivity index (χ2n) is 6.79. The molecule has 3 aliphatic rings. The van der Waals surface area contributed by atoms with E-state index >= 15 is 0 Å². The molecule has 0 aromatic heterocycles. The first-order chi connectivity index (χ1) is 7.73. The Hall–Kier alpha value is -0.0400. The SMILES string of the molecule is OC1(C2CCCC2)CCC2(CCCC2)CC1. The fraction of sp³-hybridized carbons (Fsp3) is 1.00. The fourth-order valence-corrected chi connectivity index (χ4v) is 4.71. The molecule has 1 spiro atoms.